The molecule has 0 aliphatic heterocycles. The first-order valence-electron chi connectivity index (χ1n) is 3.89. The molecule has 1 aromatic rings. The van der Waals surface area contributed by atoms with Gasteiger partial charge in [-0.05, 0) is 13.8 Å². The van der Waals surface area contributed by atoms with Crippen molar-refractivity contribution in [2.45, 2.75) is 26.6 Å². The fourth-order valence-corrected chi connectivity index (χ4v) is 0.714. The number of rotatable bonds is 4. The van der Waals surface area contributed by atoms with E-state index in [-0.39, 0.29) is 24.4 Å². The van der Waals surface area contributed by atoms with Crippen molar-refractivity contribution < 1.29 is 19.1 Å². The first-order valence-corrected chi connectivity index (χ1v) is 3.89. The highest BCUT2D eigenvalue weighted by atomic mass is 16.5. The van der Waals surface area contributed by atoms with Crippen molar-refractivity contribution in [2.75, 3.05) is 0 Å². The number of aromatic nitrogens is 1. The summed E-state index contributed by atoms with van der Waals surface area (Å²) >= 11 is 0. The van der Waals surface area contributed by atoms with E-state index < -0.39 is 5.97 Å². The van der Waals surface area contributed by atoms with Gasteiger partial charge >= 0.3 is 5.97 Å². The van der Waals surface area contributed by atoms with Crippen molar-refractivity contribution in [2.24, 2.45) is 0 Å². The molecule has 1 aromatic heterocycles. The lowest BCUT2D eigenvalue weighted by molar-refractivity contribution is 0.0489. The average Bonchev–Trinajstić information content (AvgIpc) is 2.48. The van der Waals surface area contributed by atoms with E-state index in [2.05, 4.69) is 4.98 Å². The van der Waals surface area contributed by atoms with Gasteiger partial charge in [-0.3, -0.25) is 0 Å². The van der Waals surface area contributed by atoms with Gasteiger partial charge in [0.05, 0.1) is 12.3 Å². The number of carboxylic acid groups (broad SMARTS) is 1. The average molecular weight is 185 g/mol. The zero-order valence-electron chi connectivity index (χ0n) is 7.48. The summed E-state index contributed by atoms with van der Waals surface area (Å²) in [6.07, 6.45) is 1.24. The maximum Gasteiger partial charge on any atom is 0.373 e. The van der Waals surface area contributed by atoms with Crippen LogP contribution in [0.2, 0.25) is 0 Å². The Morgan fingerprint density at radius 3 is 2.92 bits per heavy atom. The molecule has 0 aliphatic carbocycles. The quantitative estimate of drug-likeness (QED) is 0.765. The van der Waals surface area contributed by atoms with Crippen LogP contribution in [0.5, 0.6) is 0 Å². The minimum atomic E-state index is -1.12. The summed E-state index contributed by atoms with van der Waals surface area (Å²) in [6.45, 7) is 3.95. The van der Waals surface area contributed by atoms with E-state index >= 15 is 0 Å². The van der Waals surface area contributed by atoms with Gasteiger partial charge in [-0.2, -0.15) is 0 Å². The zero-order valence-corrected chi connectivity index (χ0v) is 7.48. The molecule has 0 atom stereocenters. The molecule has 1 N–H and O–H groups in total. The normalized spacial score (nSPS) is 10.7. The SMILES string of the molecule is CC(C)OCc1ncc(C(=O)O)o1. The third kappa shape index (κ3) is 2.87. The Morgan fingerprint density at radius 2 is 2.46 bits per heavy atom. The third-order valence-electron chi connectivity index (χ3n) is 1.30. The lowest BCUT2D eigenvalue weighted by Crippen LogP contribution is -2.02. The van der Waals surface area contributed by atoms with Crippen LogP contribution < -0.4 is 0 Å². The van der Waals surface area contributed by atoms with Gasteiger partial charge in [0.2, 0.25) is 11.7 Å². The van der Waals surface area contributed by atoms with Crippen molar-refractivity contribution in [3.8, 4) is 0 Å². The standard InChI is InChI=1S/C8H11NO4/c1-5(2)12-4-7-9-3-6(13-7)8(10)11/h3,5H,4H2,1-2H3,(H,10,11). The number of oxazole rings is 1. The van der Waals surface area contributed by atoms with E-state index in [0.717, 1.165) is 0 Å². The Morgan fingerprint density at radius 1 is 1.77 bits per heavy atom. The van der Waals surface area contributed by atoms with E-state index in [0.29, 0.717) is 0 Å². The monoisotopic (exact) mass is 185 g/mol. The van der Waals surface area contributed by atoms with Crippen LogP contribution in [0.3, 0.4) is 0 Å². The highest BCUT2D eigenvalue weighted by molar-refractivity contribution is 5.83. The molecule has 0 unspecified atom stereocenters. The van der Waals surface area contributed by atoms with Crippen LogP contribution in [0.1, 0.15) is 30.3 Å². The fraction of sp³-hybridized carbons (Fsp3) is 0.500. The molecule has 5 nitrogen and oxygen atoms in total. The first kappa shape index (κ1) is 9.73. The maximum atomic E-state index is 10.4. The van der Waals surface area contributed by atoms with Crippen molar-refractivity contribution in [1.82, 2.24) is 4.98 Å². The highest BCUT2D eigenvalue weighted by Gasteiger charge is 2.10. The summed E-state index contributed by atoms with van der Waals surface area (Å²) < 4.78 is 10.0. The number of nitrogens with zero attached hydrogens (tertiary/aromatic N) is 1. The molecule has 0 bridgehead atoms. The summed E-state index contributed by atoms with van der Waals surface area (Å²) in [5.41, 5.74) is 0. The maximum absolute atomic E-state index is 10.4. The summed E-state index contributed by atoms with van der Waals surface area (Å²) in [4.78, 5) is 14.1. The van der Waals surface area contributed by atoms with Crippen LogP contribution in [0.15, 0.2) is 10.6 Å². The predicted molar refractivity (Wildman–Crippen MR) is 43.4 cm³/mol. The van der Waals surface area contributed by atoms with Crippen molar-refractivity contribution in [3.63, 3.8) is 0 Å². The second-order valence-corrected chi connectivity index (χ2v) is 2.78. The number of carbonyl (C=O) groups is 1. The Labute approximate surface area is 75.3 Å². The molecular formula is C8H11NO4. The molecule has 13 heavy (non-hydrogen) atoms. The Bertz CT molecular complexity index is 292. The van der Waals surface area contributed by atoms with Gasteiger partial charge in [-0.25, -0.2) is 9.78 Å². The summed E-state index contributed by atoms with van der Waals surface area (Å²) in [5, 5.41) is 8.50. The Balaban J connectivity index is 2.54. The minimum absolute atomic E-state index is 0.0696. The fourth-order valence-electron chi connectivity index (χ4n) is 0.714. The summed E-state index contributed by atoms with van der Waals surface area (Å²) in [7, 11) is 0. The first-order chi connectivity index (χ1) is 6.09. The van der Waals surface area contributed by atoms with E-state index in [1.807, 2.05) is 13.8 Å². The van der Waals surface area contributed by atoms with Gasteiger partial charge < -0.3 is 14.3 Å². The molecule has 0 amide bonds. The van der Waals surface area contributed by atoms with Crippen LogP contribution >= 0.6 is 0 Å². The number of hydrogen-bond donors (Lipinski definition) is 1. The van der Waals surface area contributed by atoms with Crippen LogP contribution in [-0.4, -0.2) is 22.2 Å². The summed E-state index contributed by atoms with van der Waals surface area (Å²) in [6, 6.07) is 0. The largest absolute Gasteiger partial charge is 0.475 e. The number of carboxylic acids is 1. The molecule has 0 aromatic carbocycles. The lowest BCUT2D eigenvalue weighted by Gasteiger charge is -2.02. The number of ether oxygens (including phenoxy) is 1. The van der Waals surface area contributed by atoms with Crippen LogP contribution in [0, 0.1) is 0 Å². The summed E-state index contributed by atoms with van der Waals surface area (Å²) in [5.74, 6) is -1.00. The van der Waals surface area contributed by atoms with Crippen molar-refractivity contribution in [1.29, 1.82) is 0 Å². The molecule has 0 aliphatic rings. The zero-order chi connectivity index (χ0) is 9.84. The van der Waals surface area contributed by atoms with Crippen LogP contribution in [0.25, 0.3) is 0 Å². The topological polar surface area (TPSA) is 72.6 Å². The molecule has 0 radical (unpaired) electrons. The molecule has 0 saturated heterocycles. The van der Waals surface area contributed by atoms with Crippen LogP contribution in [0.4, 0.5) is 0 Å². The number of hydrogen-bond acceptors (Lipinski definition) is 4. The molecular weight excluding hydrogens is 174 g/mol. The lowest BCUT2D eigenvalue weighted by atomic mass is 10.5. The number of aromatic carboxylic acids is 1. The predicted octanol–water partition coefficient (Wildman–Crippen LogP) is 1.30. The highest BCUT2D eigenvalue weighted by Crippen LogP contribution is 2.05. The molecule has 0 saturated carbocycles. The van der Waals surface area contributed by atoms with Crippen molar-refractivity contribution >= 4 is 5.97 Å². The minimum Gasteiger partial charge on any atom is -0.475 e. The Kier molecular flexibility index (Phi) is 3.02. The Hall–Kier alpha value is -1.36. The molecule has 1 rings (SSSR count). The van der Waals surface area contributed by atoms with E-state index in [9.17, 15) is 4.79 Å². The van der Waals surface area contributed by atoms with Gasteiger partial charge in [0.15, 0.2) is 0 Å². The van der Waals surface area contributed by atoms with Crippen molar-refractivity contribution in [3.05, 3.63) is 17.8 Å². The third-order valence-corrected chi connectivity index (χ3v) is 1.30. The smallest absolute Gasteiger partial charge is 0.373 e. The van der Waals surface area contributed by atoms with E-state index in [1.54, 1.807) is 0 Å². The van der Waals surface area contributed by atoms with Gasteiger partial charge in [0, 0.05) is 0 Å². The molecule has 0 fully saturated rings. The van der Waals surface area contributed by atoms with Gasteiger partial charge in [0.1, 0.15) is 6.61 Å². The second-order valence-electron chi connectivity index (χ2n) is 2.78. The van der Waals surface area contributed by atoms with E-state index in [4.69, 9.17) is 14.3 Å². The van der Waals surface area contributed by atoms with E-state index in [1.165, 1.54) is 6.20 Å². The van der Waals surface area contributed by atoms with Gasteiger partial charge in [0.25, 0.3) is 0 Å². The van der Waals surface area contributed by atoms with Crippen LogP contribution in [-0.2, 0) is 11.3 Å². The second kappa shape index (κ2) is 4.04. The van der Waals surface area contributed by atoms with Gasteiger partial charge in [-0.1, -0.05) is 0 Å². The van der Waals surface area contributed by atoms with Gasteiger partial charge in [-0.15, -0.1) is 0 Å². The molecule has 5 heteroatoms. The molecule has 0 spiro atoms. The molecule has 1 heterocycles. The molecule has 72 valence electrons.